The Morgan fingerprint density at radius 3 is 2.56 bits per heavy atom. The minimum atomic E-state index is -1.16. The molecule has 2 rings (SSSR count). The molecule has 4 nitrogen and oxygen atoms in total. The van der Waals surface area contributed by atoms with E-state index < -0.39 is 5.60 Å². The fourth-order valence-electron chi connectivity index (χ4n) is 1.74. The van der Waals surface area contributed by atoms with Crippen molar-refractivity contribution < 1.29 is 5.11 Å². The molecule has 0 saturated carbocycles. The Morgan fingerprint density at radius 2 is 2.00 bits per heavy atom. The maximum absolute atomic E-state index is 12.3. The van der Waals surface area contributed by atoms with Crippen LogP contribution in [0.15, 0.2) is 41.5 Å². The van der Waals surface area contributed by atoms with Crippen molar-refractivity contribution in [2.75, 3.05) is 0 Å². The van der Waals surface area contributed by atoms with E-state index in [0.29, 0.717) is 11.4 Å². The minimum Gasteiger partial charge on any atom is -0.386 e. The molecule has 18 heavy (non-hydrogen) atoms. The molecule has 0 fully saturated rings. The molecule has 0 radical (unpaired) electrons. The highest BCUT2D eigenvalue weighted by Gasteiger charge is 2.20. The molecule has 0 unspecified atom stereocenters. The molecule has 0 bridgehead atoms. The molecule has 0 aromatic carbocycles. The van der Waals surface area contributed by atoms with Gasteiger partial charge in [0.05, 0.1) is 5.60 Å². The van der Waals surface area contributed by atoms with Gasteiger partial charge in [0, 0.05) is 18.0 Å². The molecule has 0 aliphatic rings. The Balaban J connectivity index is 2.60. The third kappa shape index (κ3) is 2.33. The van der Waals surface area contributed by atoms with Crippen LogP contribution in [-0.2, 0) is 5.60 Å². The van der Waals surface area contributed by atoms with Gasteiger partial charge in [-0.1, -0.05) is 6.07 Å². The van der Waals surface area contributed by atoms with E-state index in [9.17, 15) is 9.90 Å². The second-order valence-electron chi connectivity index (χ2n) is 4.85. The predicted molar refractivity (Wildman–Crippen MR) is 69.8 cm³/mol. The smallest absolute Gasteiger partial charge is 0.262 e. The summed E-state index contributed by atoms with van der Waals surface area (Å²) in [6.45, 7) is 5.13. The summed E-state index contributed by atoms with van der Waals surface area (Å²) in [7, 11) is 0. The first kappa shape index (κ1) is 12.5. The molecule has 2 aromatic heterocycles. The van der Waals surface area contributed by atoms with Gasteiger partial charge in [-0.15, -0.1) is 0 Å². The molecule has 94 valence electrons. The molecule has 0 spiro atoms. The Kier molecular flexibility index (Phi) is 3.05. The van der Waals surface area contributed by atoms with E-state index in [-0.39, 0.29) is 5.56 Å². The zero-order valence-corrected chi connectivity index (χ0v) is 10.7. The van der Waals surface area contributed by atoms with Crippen LogP contribution in [0.25, 0.3) is 5.82 Å². The van der Waals surface area contributed by atoms with Gasteiger partial charge in [-0.05, 0) is 44.5 Å². The fraction of sp³-hybridized carbons (Fsp3) is 0.286. The van der Waals surface area contributed by atoms with Crippen LogP contribution in [0, 0.1) is 6.92 Å². The summed E-state index contributed by atoms with van der Waals surface area (Å²) < 4.78 is 1.44. The average molecular weight is 244 g/mol. The summed E-state index contributed by atoms with van der Waals surface area (Å²) in [5.41, 5.74) is -0.0238. The van der Waals surface area contributed by atoms with Crippen LogP contribution < -0.4 is 5.56 Å². The van der Waals surface area contributed by atoms with Gasteiger partial charge in [-0.2, -0.15) is 0 Å². The second kappa shape index (κ2) is 4.38. The maximum atomic E-state index is 12.3. The van der Waals surface area contributed by atoms with Crippen LogP contribution in [0.3, 0.4) is 0 Å². The van der Waals surface area contributed by atoms with E-state index in [1.54, 1.807) is 44.4 Å². The minimum absolute atomic E-state index is 0.249. The maximum Gasteiger partial charge on any atom is 0.262 e. The predicted octanol–water partition coefficient (Wildman–Crippen LogP) is 1.77. The number of nitrogens with zero attached hydrogens (tertiary/aromatic N) is 2. The second-order valence-corrected chi connectivity index (χ2v) is 4.85. The number of hydrogen-bond acceptors (Lipinski definition) is 3. The molecule has 0 aliphatic carbocycles. The Morgan fingerprint density at radius 1 is 1.28 bits per heavy atom. The summed E-state index contributed by atoms with van der Waals surface area (Å²) in [5, 5.41) is 9.95. The van der Waals surface area contributed by atoms with E-state index in [2.05, 4.69) is 4.98 Å². The van der Waals surface area contributed by atoms with E-state index in [1.165, 1.54) is 4.57 Å². The Bertz CT molecular complexity index is 607. The number of hydrogen-bond donors (Lipinski definition) is 1. The van der Waals surface area contributed by atoms with Gasteiger partial charge in [0.2, 0.25) is 0 Å². The van der Waals surface area contributed by atoms with Crippen molar-refractivity contribution in [2.24, 2.45) is 0 Å². The highest BCUT2D eigenvalue weighted by atomic mass is 16.3. The molecular formula is C14H16N2O2. The standard InChI is InChI=1S/C14H16N2O2/c1-10-6-7-12(15-9-10)16-8-4-5-11(13(16)17)14(2,3)18/h4-9,18H,1-3H3. The van der Waals surface area contributed by atoms with Crippen molar-refractivity contribution in [1.29, 1.82) is 0 Å². The quantitative estimate of drug-likeness (QED) is 0.876. The van der Waals surface area contributed by atoms with Gasteiger partial charge in [0.15, 0.2) is 0 Å². The van der Waals surface area contributed by atoms with Crippen LogP contribution in [0.1, 0.15) is 25.0 Å². The Labute approximate surface area is 106 Å². The molecule has 0 aliphatic heterocycles. The van der Waals surface area contributed by atoms with Crippen LogP contribution in [0.2, 0.25) is 0 Å². The SMILES string of the molecule is Cc1ccc(-n2cccc(C(C)(C)O)c2=O)nc1. The first-order chi connectivity index (χ1) is 8.39. The topological polar surface area (TPSA) is 55.1 Å². The first-order valence-electron chi connectivity index (χ1n) is 5.77. The molecule has 0 atom stereocenters. The molecule has 1 N–H and O–H groups in total. The number of aliphatic hydroxyl groups is 1. The van der Waals surface area contributed by atoms with Crippen molar-refractivity contribution in [1.82, 2.24) is 9.55 Å². The van der Waals surface area contributed by atoms with Gasteiger partial charge < -0.3 is 5.11 Å². The largest absolute Gasteiger partial charge is 0.386 e. The molecule has 0 amide bonds. The lowest BCUT2D eigenvalue weighted by molar-refractivity contribution is 0.0768. The number of pyridine rings is 2. The van der Waals surface area contributed by atoms with E-state index in [0.717, 1.165) is 5.56 Å². The van der Waals surface area contributed by atoms with Gasteiger partial charge in [0.25, 0.3) is 5.56 Å². The molecule has 2 aromatic rings. The number of aromatic nitrogens is 2. The third-order valence-corrected chi connectivity index (χ3v) is 2.75. The zero-order valence-electron chi connectivity index (χ0n) is 10.7. The summed E-state index contributed by atoms with van der Waals surface area (Å²) in [6.07, 6.45) is 3.35. The Hall–Kier alpha value is -1.94. The van der Waals surface area contributed by atoms with Crippen molar-refractivity contribution in [3.8, 4) is 5.82 Å². The summed E-state index contributed by atoms with van der Waals surface area (Å²) >= 11 is 0. The van der Waals surface area contributed by atoms with Gasteiger partial charge >= 0.3 is 0 Å². The molecular weight excluding hydrogens is 228 g/mol. The summed E-state index contributed by atoms with van der Waals surface area (Å²) in [4.78, 5) is 16.5. The van der Waals surface area contributed by atoms with Gasteiger partial charge in [-0.3, -0.25) is 9.36 Å². The number of rotatable bonds is 2. The van der Waals surface area contributed by atoms with Crippen LogP contribution in [0.5, 0.6) is 0 Å². The normalized spacial score (nSPS) is 11.6. The van der Waals surface area contributed by atoms with E-state index in [4.69, 9.17) is 0 Å². The van der Waals surface area contributed by atoms with E-state index in [1.807, 2.05) is 13.0 Å². The highest BCUT2D eigenvalue weighted by Crippen LogP contribution is 2.15. The van der Waals surface area contributed by atoms with Crippen molar-refractivity contribution in [2.45, 2.75) is 26.4 Å². The monoisotopic (exact) mass is 244 g/mol. The number of aryl methyl sites for hydroxylation is 1. The third-order valence-electron chi connectivity index (χ3n) is 2.75. The first-order valence-corrected chi connectivity index (χ1v) is 5.77. The zero-order chi connectivity index (χ0) is 13.3. The van der Waals surface area contributed by atoms with Crippen LogP contribution in [0.4, 0.5) is 0 Å². The summed E-state index contributed by atoms with van der Waals surface area (Å²) in [6, 6.07) is 7.04. The van der Waals surface area contributed by atoms with Gasteiger partial charge in [0.1, 0.15) is 5.82 Å². The lowest BCUT2D eigenvalue weighted by Gasteiger charge is -2.17. The summed E-state index contributed by atoms with van der Waals surface area (Å²) in [5.74, 6) is 0.553. The van der Waals surface area contributed by atoms with Crippen LogP contribution in [-0.4, -0.2) is 14.7 Å². The highest BCUT2D eigenvalue weighted by molar-refractivity contribution is 5.28. The molecule has 4 heteroatoms. The van der Waals surface area contributed by atoms with E-state index >= 15 is 0 Å². The van der Waals surface area contributed by atoms with Crippen molar-refractivity contribution in [3.05, 3.63) is 58.1 Å². The van der Waals surface area contributed by atoms with Crippen molar-refractivity contribution in [3.63, 3.8) is 0 Å². The lowest BCUT2D eigenvalue weighted by Crippen LogP contribution is -2.31. The molecule has 2 heterocycles. The lowest BCUT2D eigenvalue weighted by atomic mass is 10.0. The van der Waals surface area contributed by atoms with Gasteiger partial charge in [-0.25, -0.2) is 4.98 Å². The molecule has 0 saturated heterocycles. The van der Waals surface area contributed by atoms with Crippen molar-refractivity contribution >= 4 is 0 Å². The fourth-order valence-corrected chi connectivity index (χ4v) is 1.74. The van der Waals surface area contributed by atoms with Crippen LogP contribution >= 0.6 is 0 Å². The average Bonchev–Trinajstić information content (AvgIpc) is 2.29.